The van der Waals surface area contributed by atoms with Gasteiger partial charge < -0.3 is 4.74 Å². The molecule has 2 aromatic carbocycles. The number of hydrogen-bond acceptors (Lipinski definition) is 2. The van der Waals surface area contributed by atoms with E-state index in [9.17, 15) is 0 Å². The minimum absolute atomic E-state index is 0.757. The summed E-state index contributed by atoms with van der Waals surface area (Å²) in [6.07, 6.45) is 1.15. The first kappa shape index (κ1) is 13.2. The van der Waals surface area contributed by atoms with Gasteiger partial charge in [-0.3, -0.25) is 4.90 Å². The zero-order valence-corrected chi connectivity index (χ0v) is 12.0. The highest BCUT2D eigenvalue weighted by Crippen LogP contribution is 2.19. The average molecular weight is 267 g/mol. The smallest absolute Gasteiger partial charge is 0.122 e. The van der Waals surface area contributed by atoms with Crippen molar-refractivity contribution in [3.63, 3.8) is 0 Å². The summed E-state index contributed by atoms with van der Waals surface area (Å²) in [7, 11) is 0. The van der Waals surface area contributed by atoms with Crippen molar-refractivity contribution in [2.45, 2.75) is 19.9 Å². The van der Waals surface area contributed by atoms with Crippen molar-refractivity contribution in [2.24, 2.45) is 0 Å². The van der Waals surface area contributed by atoms with Crippen molar-refractivity contribution in [3.05, 3.63) is 65.2 Å². The lowest BCUT2D eigenvalue weighted by atomic mass is 10.0. The largest absolute Gasteiger partial charge is 0.492 e. The maximum atomic E-state index is 5.89. The first-order valence-corrected chi connectivity index (χ1v) is 7.30. The van der Waals surface area contributed by atoms with Crippen LogP contribution in [0.4, 0.5) is 0 Å². The molecule has 0 saturated carbocycles. The van der Waals surface area contributed by atoms with Crippen LogP contribution < -0.4 is 4.74 Å². The zero-order valence-electron chi connectivity index (χ0n) is 12.0. The molecule has 0 amide bonds. The Kier molecular flexibility index (Phi) is 4.03. The molecular weight excluding hydrogens is 246 g/mol. The van der Waals surface area contributed by atoms with Crippen molar-refractivity contribution in [1.29, 1.82) is 0 Å². The summed E-state index contributed by atoms with van der Waals surface area (Å²) in [6.45, 7) is 6.02. The monoisotopic (exact) mass is 267 g/mol. The van der Waals surface area contributed by atoms with Crippen molar-refractivity contribution in [2.75, 3.05) is 19.7 Å². The first-order valence-electron chi connectivity index (χ1n) is 7.30. The van der Waals surface area contributed by atoms with Crippen LogP contribution in [0.25, 0.3) is 0 Å². The van der Waals surface area contributed by atoms with Crippen LogP contribution in [-0.4, -0.2) is 24.6 Å². The summed E-state index contributed by atoms with van der Waals surface area (Å²) in [5.74, 6) is 1.00. The Morgan fingerprint density at radius 2 is 1.75 bits per heavy atom. The van der Waals surface area contributed by atoms with E-state index in [-0.39, 0.29) is 0 Å². The van der Waals surface area contributed by atoms with Crippen molar-refractivity contribution in [3.8, 4) is 5.75 Å². The van der Waals surface area contributed by atoms with Gasteiger partial charge in [-0.15, -0.1) is 0 Å². The fourth-order valence-electron chi connectivity index (χ4n) is 2.75. The van der Waals surface area contributed by atoms with Crippen LogP contribution in [0.5, 0.6) is 5.75 Å². The molecule has 0 aromatic heterocycles. The Bertz CT molecular complexity index is 579. The van der Waals surface area contributed by atoms with Gasteiger partial charge in [-0.05, 0) is 36.1 Å². The van der Waals surface area contributed by atoms with Crippen molar-refractivity contribution in [1.82, 2.24) is 4.90 Å². The minimum atomic E-state index is 0.757. The highest BCUT2D eigenvalue weighted by Gasteiger charge is 2.15. The predicted octanol–water partition coefficient (Wildman–Crippen LogP) is 3.43. The molecule has 2 nitrogen and oxygen atoms in total. The Labute approximate surface area is 121 Å². The van der Waals surface area contributed by atoms with Crippen LogP contribution in [0.15, 0.2) is 48.5 Å². The van der Waals surface area contributed by atoms with Gasteiger partial charge in [0.25, 0.3) is 0 Å². The molecule has 0 radical (unpaired) electrons. The van der Waals surface area contributed by atoms with Crippen molar-refractivity contribution >= 4 is 0 Å². The van der Waals surface area contributed by atoms with Gasteiger partial charge in [0.2, 0.25) is 0 Å². The number of hydrogen-bond donors (Lipinski definition) is 0. The highest BCUT2D eigenvalue weighted by molar-refractivity contribution is 5.32. The normalized spacial score (nSPS) is 14.8. The molecule has 2 heteroatoms. The molecule has 104 valence electrons. The molecule has 0 fully saturated rings. The van der Waals surface area contributed by atoms with Crippen LogP contribution in [0.2, 0.25) is 0 Å². The van der Waals surface area contributed by atoms with E-state index in [2.05, 4.69) is 42.2 Å². The number of fused-ring (bicyclic) bond motifs is 1. The predicted molar refractivity (Wildman–Crippen MR) is 82.1 cm³/mol. The number of rotatable bonds is 4. The lowest BCUT2D eigenvalue weighted by molar-refractivity contribution is 0.196. The summed E-state index contributed by atoms with van der Waals surface area (Å²) >= 11 is 0. The highest BCUT2D eigenvalue weighted by atomic mass is 16.5. The third-order valence-electron chi connectivity index (χ3n) is 3.97. The van der Waals surface area contributed by atoms with Gasteiger partial charge in [-0.1, -0.05) is 42.5 Å². The van der Waals surface area contributed by atoms with E-state index in [0.717, 1.165) is 38.4 Å². The second-order valence-electron chi connectivity index (χ2n) is 5.41. The maximum Gasteiger partial charge on any atom is 0.122 e. The van der Waals surface area contributed by atoms with E-state index in [1.165, 1.54) is 16.7 Å². The van der Waals surface area contributed by atoms with Gasteiger partial charge in [0, 0.05) is 19.6 Å². The summed E-state index contributed by atoms with van der Waals surface area (Å²) in [5, 5.41) is 0. The molecule has 1 heterocycles. The lowest BCUT2D eigenvalue weighted by Crippen LogP contribution is -2.33. The quantitative estimate of drug-likeness (QED) is 0.841. The Morgan fingerprint density at radius 3 is 2.60 bits per heavy atom. The molecule has 0 aliphatic carbocycles. The molecule has 1 aliphatic heterocycles. The number of nitrogens with zero attached hydrogens (tertiary/aromatic N) is 1. The van der Waals surface area contributed by atoms with E-state index >= 15 is 0 Å². The summed E-state index contributed by atoms with van der Waals surface area (Å²) in [5.41, 5.74) is 4.18. The SMILES string of the molecule is Cc1ccccc1OCCN1CCc2ccccc2C1. The third kappa shape index (κ3) is 3.02. The molecule has 0 N–H and O–H groups in total. The topological polar surface area (TPSA) is 12.5 Å². The van der Waals surface area contributed by atoms with Gasteiger partial charge in [-0.2, -0.15) is 0 Å². The van der Waals surface area contributed by atoms with Gasteiger partial charge in [-0.25, -0.2) is 0 Å². The van der Waals surface area contributed by atoms with Crippen molar-refractivity contribution < 1.29 is 4.74 Å². The number of para-hydroxylation sites is 1. The van der Waals surface area contributed by atoms with E-state index < -0.39 is 0 Å². The second kappa shape index (κ2) is 6.10. The van der Waals surface area contributed by atoms with E-state index in [4.69, 9.17) is 4.74 Å². The summed E-state index contributed by atoms with van der Waals surface area (Å²) < 4.78 is 5.89. The number of benzene rings is 2. The molecule has 3 rings (SSSR count). The molecule has 2 aromatic rings. The Morgan fingerprint density at radius 1 is 1.00 bits per heavy atom. The van der Waals surface area contributed by atoms with Crippen LogP contribution in [-0.2, 0) is 13.0 Å². The Hall–Kier alpha value is -1.80. The first-order chi connectivity index (χ1) is 9.83. The van der Waals surface area contributed by atoms with Crippen LogP contribution in [0.3, 0.4) is 0 Å². The standard InChI is InChI=1S/C18H21NO/c1-15-6-2-5-9-18(15)20-13-12-19-11-10-16-7-3-4-8-17(16)14-19/h2-9H,10-14H2,1H3. The second-order valence-corrected chi connectivity index (χ2v) is 5.41. The van der Waals surface area contributed by atoms with Crippen LogP contribution >= 0.6 is 0 Å². The average Bonchev–Trinajstić information content (AvgIpc) is 2.49. The molecule has 0 saturated heterocycles. The summed E-state index contributed by atoms with van der Waals surface area (Å²) in [4.78, 5) is 2.47. The van der Waals surface area contributed by atoms with Gasteiger partial charge in [0.15, 0.2) is 0 Å². The molecular formula is C18H21NO. The van der Waals surface area contributed by atoms with Crippen LogP contribution in [0, 0.1) is 6.92 Å². The Balaban J connectivity index is 1.52. The van der Waals surface area contributed by atoms with Gasteiger partial charge in [0.05, 0.1) is 0 Å². The fourth-order valence-corrected chi connectivity index (χ4v) is 2.75. The van der Waals surface area contributed by atoms with E-state index in [1.807, 2.05) is 18.2 Å². The maximum absolute atomic E-state index is 5.89. The molecule has 0 bridgehead atoms. The summed E-state index contributed by atoms with van der Waals surface area (Å²) in [6, 6.07) is 17.0. The molecule has 0 atom stereocenters. The van der Waals surface area contributed by atoms with Crippen LogP contribution in [0.1, 0.15) is 16.7 Å². The number of aryl methyl sites for hydroxylation is 1. The molecule has 20 heavy (non-hydrogen) atoms. The molecule has 1 aliphatic rings. The number of ether oxygens (including phenoxy) is 1. The third-order valence-corrected chi connectivity index (χ3v) is 3.97. The minimum Gasteiger partial charge on any atom is -0.492 e. The van der Waals surface area contributed by atoms with Gasteiger partial charge in [0.1, 0.15) is 12.4 Å². The molecule has 0 unspecified atom stereocenters. The fraction of sp³-hybridized carbons (Fsp3) is 0.333. The molecule has 0 spiro atoms. The zero-order chi connectivity index (χ0) is 13.8. The lowest BCUT2D eigenvalue weighted by Gasteiger charge is -2.28. The van der Waals surface area contributed by atoms with E-state index in [0.29, 0.717) is 0 Å². The van der Waals surface area contributed by atoms with Gasteiger partial charge >= 0.3 is 0 Å². The van der Waals surface area contributed by atoms with E-state index in [1.54, 1.807) is 0 Å².